The molecule has 0 radical (unpaired) electrons. The number of hydrogen-bond donors (Lipinski definition) is 0. The van der Waals surface area contributed by atoms with Crippen molar-refractivity contribution in [2.75, 3.05) is 26.9 Å². The number of rotatable bonds is 9. The summed E-state index contributed by atoms with van der Waals surface area (Å²) in [6, 6.07) is 0. The fourth-order valence-electron chi connectivity index (χ4n) is 1.60. The highest BCUT2D eigenvalue weighted by Gasteiger charge is 2.16. The molecule has 0 atom stereocenters. The number of nitrogens with zero attached hydrogens (tertiary/aromatic N) is 2. The summed E-state index contributed by atoms with van der Waals surface area (Å²) in [5, 5.41) is -0.0914. The van der Waals surface area contributed by atoms with Crippen molar-refractivity contribution >= 4 is 19.7 Å². The van der Waals surface area contributed by atoms with Gasteiger partial charge in [0.1, 0.15) is 5.82 Å². The van der Waals surface area contributed by atoms with Crippen LogP contribution in [-0.4, -0.2) is 44.9 Å². The summed E-state index contributed by atoms with van der Waals surface area (Å²) in [5.41, 5.74) is 0. The summed E-state index contributed by atoms with van der Waals surface area (Å²) >= 11 is 0. The molecule has 0 aliphatic carbocycles. The van der Waals surface area contributed by atoms with Crippen molar-refractivity contribution in [2.45, 2.75) is 31.3 Å². The fraction of sp³-hybridized carbons (Fsp3) is 0.727. The lowest BCUT2D eigenvalue weighted by molar-refractivity contribution is 0.0679. The summed E-state index contributed by atoms with van der Waals surface area (Å²) < 4.78 is 34.4. The lowest BCUT2D eigenvalue weighted by Gasteiger charge is -2.06. The van der Waals surface area contributed by atoms with Gasteiger partial charge in [0, 0.05) is 43.6 Å². The molecule has 1 aromatic heterocycles. The maximum absolute atomic E-state index is 11.2. The molecule has 0 bridgehead atoms. The van der Waals surface area contributed by atoms with E-state index in [0.29, 0.717) is 38.6 Å². The zero-order valence-corrected chi connectivity index (χ0v) is 12.7. The predicted molar refractivity (Wildman–Crippen MR) is 72.0 cm³/mol. The Morgan fingerprint density at radius 3 is 2.68 bits per heavy atom. The Hall–Kier alpha value is -0.630. The van der Waals surface area contributed by atoms with Crippen molar-refractivity contribution in [1.82, 2.24) is 9.55 Å². The summed E-state index contributed by atoms with van der Waals surface area (Å²) in [5.74, 6) is 0.705. The monoisotopic (exact) mass is 310 g/mol. The van der Waals surface area contributed by atoms with Gasteiger partial charge in [-0.25, -0.2) is 13.4 Å². The largest absolute Gasteiger partial charge is 0.382 e. The number of aryl methyl sites for hydroxylation is 2. The van der Waals surface area contributed by atoms with E-state index in [0.717, 1.165) is 6.42 Å². The van der Waals surface area contributed by atoms with E-state index in [1.165, 1.54) is 6.20 Å². The SMILES string of the molecule is CCc1nc(S(=O)(=O)Cl)cn1CCCOCCOC. The number of aromatic nitrogens is 2. The molecule has 19 heavy (non-hydrogen) atoms. The highest BCUT2D eigenvalue weighted by molar-refractivity contribution is 8.13. The van der Waals surface area contributed by atoms with Crippen LogP contribution in [0.4, 0.5) is 0 Å². The highest BCUT2D eigenvalue weighted by Crippen LogP contribution is 2.15. The Labute approximate surface area is 118 Å². The first-order valence-corrected chi connectivity index (χ1v) is 8.37. The number of methoxy groups -OCH3 is 1. The third kappa shape index (κ3) is 5.48. The molecule has 0 aromatic carbocycles. The van der Waals surface area contributed by atoms with Crippen LogP contribution in [0.1, 0.15) is 19.2 Å². The third-order valence-electron chi connectivity index (χ3n) is 2.52. The highest BCUT2D eigenvalue weighted by atomic mass is 35.7. The first-order chi connectivity index (χ1) is 8.99. The van der Waals surface area contributed by atoms with Gasteiger partial charge in [-0.05, 0) is 6.42 Å². The molecule has 0 unspecified atom stereocenters. The predicted octanol–water partition coefficient (Wildman–Crippen LogP) is 1.43. The van der Waals surface area contributed by atoms with E-state index in [2.05, 4.69) is 4.98 Å². The van der Waals surface area contributed by atoms with Gasteiger partial charge in [0.25, 0.3) is 9.05 Å². The quantitative estimate of drug-likeness (QED) is 0.510. The summed E-state index contributed by atoms with van der Waals surface area (Å²) in [7, 11) is 3.13. The van der Waals surface area contributed by atoms with Crippen LogP contribution in [-0.2, 0) is 31.5 Å². The van der Waals surface area contributed by atoms with Gasteiger partial charge in [-0.3, -0.25) is 0 Å². The van der Waals surface area contributed by atoms with E-state index in [1.54, 1.807) is 11.7 Å². The molecule has 110 valence electrons. The molecule has 1 rings (SSSR count). The molecular formula is C11H19ClN2O4S. The molecule has 0 saturated carbocycles. The molecule has 1 heterocycles. The maximum atomic E-state index is 11.2. The standard InChI is InChI=1S/C11H19ClN2O4S/c1-3-10-13-11(19(12,15)16)9-14(10)5-4-6-18-8-7-17-2/h9H,3-8H2,1-2H3. The van der Waals surface area contributed by atoms with Crippen LogP contribution in [0.25, 0.3) is 0 Å². The minimum Gasteiger partial charge on any atom is -0.382 e. The van der Waals surface area contributed by atoms with Gasteiger partial charge < -0.3 is 14.0 Å². The second kappa shape index (κ2) is 7.84. The zero-order chi connectivity index (χ0) is 14.3. The van der Waals surface area contributed by atoms with Gasteiger partial charge in [-0.1, -0.05) is 6.92 Å². The number of halogens is 1. The molecule has 0 spiro atoms. The summed E-state index contributed by atoms with van der Waals surface area (Å²) in [6.45, 7) is 4.28. The molecule has 0 N–H and O–H groups in total. The van der Waals surface area contributed by atoms with Crippen LogP contribution < -0.4 is 0 Å². The maximum Gasteiger partial charge on any atom is 0.280 e. The molecule has 1 aromatic rings. The molecule has 0 amide bonds. The van der Waals surface area contributed by atoms with E-state index in [9.17, 15) is 8.42 Å². The van der Waals surface area contributed by atoms with Gasteiger partial charge in [-0.15, -0.1) is 0 Å². The van der Waals surface area contributed by atoms with Gasteiger partial charge in [0.15, 0.2) is 5.03 Å². The topological polar surface area (TPSA) is 70.4 Å². The average molecular weight is 311 g/mol. The van der Waals surface area contributed by atoms with Crippen LogP contribution in [0.15, 0.2) is 11.2 Å². The van der Waals surface area contributed by atoms with Crippen LogP contribution >= 0.6 is 10.7 Å². The lowest BCUT2D eigenvalue weighted by atomic mass is 10.4. The summed E-state index contributed by atoms with van der Waals surface area (Å²) in [4.78, 5) is 4.01. The Kier molecular flexibility index (Phi) is 6.78. The normalized spacial score (nSPS) is 11.9. The first-order valence-electron chi connectivity index (χ1n) is 6.06. The van der Waals surface area contributed by atoms with Crippen LogP contribution in [0.3, 0.4) is 0 Å². The fourth-order valence-corrected chi connectivity index (χ4v) is 2.29. The van der Waals surface area contributed by atoms with E-state index in [-0.39, 0.29) is 5.03 Å². The first kappa shape index (κ1) is 16.4. The molecule has 0 saturated heterocycles. The Morgan fingerprint density at radius 1 is 1.37 bits per heavy atom. The van der Waals surface area contributed by atoms with Crippen molar-refractivity contribution in [3.8, 4) is 0 Å². The molecule has 8 heteroatoms. The molecule has 0 aliphatic rings. The van der Waals surface area contributed by atoms with E-state index in [4.69, 9.17) is 20.2 Å². The smallest absolute Gasteiger partial charge is 0.280 e. The van der Waals surface area contributed by atoms with Gasteiger partial charge in [0.2, 0.25) is 0 Å². The van der Waals surface area contributed by atoms with Crippen LogP contribution in [0, 0.1) is 0 Å². The molecule has 0 aliphatic heterocycles. The van der Waals surface area contributed by atoms with Crippen molar-refractivity contribution in [3.05, 3.63) is 12.0 Å². The number of ether oxygens (including phenoxy) is 2. The Balaban J connectivity index is 2.51. The second-order valence-electron chi connectivity index (χ2n) is 3.94. The average Bonchev–Trinajstić information content (AvgIpc) is 2.76. The minimum atomic E-state index is -3.76. The molecule has 6 nitrogen and oxygen atoms in total. The van der Waals surface area contributed by atoms with Crippen LogP contribution in [0.2, 0.25) is 0 Å². The van der Waals surface area contributed by atoms with Crippen molar-refractivity contribution < 1.29 is 17.9 Å². The van der Waals surface area contributed by atoms with Gasteiger partial charge >= 0.3 is 0 Å². The van der Waals surface area contributed by atoms with E-state index in [1.807, 2.05) is 6.92 Å². The van der Waals surface area contributed by atoms with E-state index >= 15 is 0 Å². The van der Waals surface area contributed by atoms with E-state index < -0.39 is 9.05 Å². The Morgan fingerprint density at radius 2 is 2.11 bits per heavy atom. The molecular weight excluding hydrogens is 292 g/mol. The zero-order valence-electron chi connectivity index (χ0n) is 11.1. The van der Waals surface area contributed by atoms with Crippen molar-refractivity contribution in [1.29, 1.82) is 0 Å². The number of hydrogen-bond acceptors (Lipinski definition) is 5. The number of imidazole rings is 1. The summed E-state index contributed by atoms with van der Waals surface area (Å²) in [6.07, 6.45) is 2.89. The second-order valence-corrected chi connectivity index (χ2v) is 6.45. The Bertz CT molecular complexity index is 487. The minimum absolute atomic E-state index is 0.0914. The van der Waals surface area contributed by atoms with Gasteiger partial charge in [-0.2, -0.15) is 0 Å². The molecule has 0 fully saturated rings. The third-order valence-corrected chi connectivity index (χ3v) is 3.69. The van der Waals surface area contributed by atoms with Crippen LogP contribution in [0.5, 0.6) is 0 Å². The van der Waals surface area contributed by atoms with Crippen molar-refractivity contribution in [3.63, 3.8) is 0 Å². The lowest BCUT2D eigenvalue weighted by Crippen LogP contribution is -2.07. The van der Waals surface area contributed by atoms with Gasteiger partial charge in [0.05, 0.1) is 13.2 Å². The van der Waals surface area contributed by atoms with Crippen molar-refractivity contribution in [2.24, 2.45) is 0 Å².